The molecule has 1 spiro atoms. The SMILES string of the molecule is CCC1(CC)c2ccccc2N2c3cnc(-c4ccccc4C)nc3N(C)C2C12CCC1N(C)C=CN1c1c2ccc2c1oc1ccccc12. The largest absolute Gasteiger partial charge is 0.454 e. The normalized spacial score (nSPS) is 22.9. The molecule has 7 nitrogen and oxygen atoms in total. The number of para-hydroxylation sites is 2. The number of aromatic nitrogens is 2. The van der Waals surface area contributed by atoms with E-state index in [4.69, 9.17) is 14.4 Å². The van der Waals surface area contributed by atoms with Gasteiger partial charge in [0.2, 0.25) is 0 Å². The van der Waals surface area contributed by atoms with Crippen LogP contribution in [0.1, 0.15) is 56.2 Å². The first-order valence-electron chi connectivity index (χ1n) is 18.1. The van der Waals surface area contributed by atoms with Gasteiger partial charge in [-0.05, 0) is 61.4 Å². The predicted octanol–water partition coefficient (Wildman–Crippen LogP) is 9.62. The lowest BCUT2D eigenvalue weighted by molar-refractivity contribution is 0.127. The molecule has 50 heavy (non-hydrogen) atoms. The number of aryl methyl sites for hydroxylation is 1. The van der Waals surface area contributed by atoms with Crippen LogP contribution in [0.4, 0.5) is 22.9 Å². The van der Waals surface area contributed by atoms with Crippen LogP contribution in [-0.2, 0) is 10.8 Å². The third-order valence-corrected chi connectivity index (χ3v) is 12.8. The van der Waals surface area contributed by atoms with E-state index in [2.05, 4.69) is 158 Å². The summed E-state index contributed by atoms with van der Waals surface area (Å²) in [5.41, 5.74) is 9.92. The number of anilines is 4. The van der Waals surface area contributed by atoms with Gasteiger partial charge in [-0.2, -0.15) is 0 Å². The minimum Gasteiger partial charge on any atom is -0.454 e. The minimum atomic E-state index is -0.343. The van der Waals surface area contributed by atoms with Gasteiger partial charge in [-0.15, -0.1) is 0 Å². The standard InChI is InChI=1S/C43H42N6O/c1-6-42(7-2)31-17-11-12-18-33(31)49-34-26-44-39(28-15-9-8-14-27(28)3)45-40(34)47(5)41(49)43(42)23-22-36-46(4)24-25-48(36)37-32(43)21-20-30-29-16-10-13-19-35(29)50-38(30)37/h8-21,24-26,36,41H,6-7,22-23H2,1-5H3. The molecular formula is C43H42N6O. The van der Waals surface area contributed by atoms with Crippen LogP contribution in [-0.4, -0.2) is 41.3 Å². The average Bonchev–Trinajstić information content (AvgIpc) is 3.78. The Hall–Kier alpha value is -5.30. The highest BCUT2D eigenvalue weighted by molar-refractivity contribution is 6.10. The van der Waals surface area contributed by atoms with Gasteiger partial charge in [0.1, 0.15) is 23.6 Å². The maximum absolute atomic E-state index is 6.92. The highest BCUT2D eigenvalue weighted by Gasteiger charge is 2.66. The Morgan fingerprint density at radius 1 is 0.820 bits per heavy atom. The fourth-order valence-corrected chi connectivity index (χ4v) is 10.6. The van der Waals surface area contributed by atoms with E-state index in [-0.39, 0.29) is 23.2 Å². The van der Waals surface area contributed by atoms with Crippen molar-refractivity contribution in [3.8, 4) is 11.4 Å². The molecule has 0 N–H and O–H groups in total. The average molecular weight is 659 g/mol. The van der Waals surface area contributed by atoms with Gasteiger partial charge >= 0.3 is 0 Å². The summed E-state index contributed by atoms with van der Waals surface area (Å²) < 4.78 is 6.92. The van der Waals surface area contributed by atoms with E-state index >= 15 is 0 Å². The zero-order valence-electron chi connectivity index (χ0n) is 29.4. The third-order valence-electron chi connectivity index (χ3n) is 12.8. The summed E-state index contributed by atoms with van der Waals surface area (Å²) in [6, 6.07) is 30.9. The van der Waals surface area contributed by atoms with Crippen LogP contribution in [0, 0.1) is 6.92 Å². The van der Waals surface area contributed by atoms with Gasteiger partial charge in [0.25, 0.3) is 0 Å². The first kappa shape index (κ1) is 29.6. The van der Waals surface area contributed by atoms with Crippen LogP contribution in [0.3, 0.4) is 0 Å². The molecule has 0 radical (unpaired) electrons. The lowest BCUT2D eigenvalue weighted by Gasteiger charge is -2.61. The zero-order chi connectivity index (χ0) is 33.9. The van der Waals surface area contributed by atoms with Crippen molar-refractivity contribution in [1.82, 2.24) is 14.9 Å². The lowest BCUT2D eigenvalue weighted by atomic mass is 9.49. The van der Waals surface area contributed by atoms with E-state index in [9.17, 15) is 0 Å². The third kappa shape index (κ3) is 3.50. The predicted molar refractivity (Wildman–Crippen MR) is 203 cm³/mol. The van der Waals surface area contributed by atoms with Crippen LogP contribution >= 0.6 is 0 Å². The Bertz CT molecular complexity index is 2370. The van der Waals surface area contributed by atoms with E-state index in [0.29, 0.717) is 0 Å². The summed E-state index contributed by atoms with van der Waals surface area (Å²) in [7, 11) is 4.48. The van der Waals surface area contributed by atoms with Crippen molar-refractivity contribution in [3.05, 3.63) is 120 Å². The summed E-state index contributed by atoms with van der Waals surface area (Å²) in [6.45, 7) is 6.96. The molecule has 0 aliphatic carbocycles. The van der Waals surface area contributed by atoms with Crippen LogP contribution in [0.5, 0.6) is 0 Å². The van der Waals surface area contributed by atoms with Crippen LogP contribution in [0.15, 0.2) is 108 Å². The van der Waals surface area contributed by atoms with Crippen molar-refractivity contribution >= 4 is 44.8 Å². The first-order chi connectivity index (χ1) is 24.4. The molecule has 10 rings (SSSR count). The van der Waals surface area contributed by atoms with Gasteiger partial charge in [0, 0.05) is 59.3 Å². The summed E-state index contributed by atoms with van der Waals surface area (Å²) in [6.07, 6.45) is 10.7. The van der Waals surface area contributed by atoms with Crippen molar-refractivity contribution in [3.63, 3.8) is 0 Å². The molecule has 0 saturated heterocycles. The number of likely N-dealkylation sites (N-methyl/N-ethyl adjacent to an activating group) is 1. The number of furan rings is 1. The molecule has 4 aliphatic heterocycles. The summed E-state index contributed by atoms with van der Waals surface area (Å²) in [4.78, 5) is 20.4. The molecular weight excluding hydrogens is 617 g/mol. The minimum absolute atomic E-state index is 0.0383. The quantitative estimate of drug-likeness (QED) is 0.188. The Labute approximate surface area is 293 Å². The van der Waals surface area contributed by atoms with Crippen molar-refractivity contribution in [2.24, 2.45) is 0 Å². The smallest absolute Gasteiger partial charge is 0.161 e. The molecule has 0 amide bonds. The number of hydrogen-bond donors (Lipinski definition) is 0. The van der Waals surface area contributed by atoms with Crippen LogP contribution < -0.4 is 14.7 Å². The topological polar surface area (TPSA) is 51.9 Å². The Balaban J connectivity index is 1.31. The van der Waals surface area contributed by atoms with Gasteiger partial charge in [0.15, 0.2) is 17.2 Å². The maximum atomic E-state index is 6.92. The number of benzene rings is 4. The molecule has 3 atom stereocenters. The van der Waals surface area contributed by atoms with Crippen molar-refractivity contribution in [2.45, 2.75) is 69.6 Å². The molecule has 0 fully saturated rings. The monoisotopic (exact) mass is 658 g/mol. The molecule has 4 aliphatic rings. The molecule has 250 valence electrons. The molecule has 2 aromatic heterocycles. The van der Waals surface area contributed by atoms with E-state index in [1.54, 1.807) is 0 Å². The van der Waals surface area contributed by atoms with E-state index < -0.39 is 0 Å². The summed E-state index contributed by atoms with van der Waals surface area (Å²) >= 11 is 0. The van der Waals surface area contributed by atoms with Crippen molar-refractivity contribution in [1.29, 1.82) is 0 Å². The zero-order valence-corrected chi connectivity index (χ0v) is 29.4. The summed E-state index contributed by atoms with van der Waals surface area (Å²) in [5.74, 6) is 1.75. The van der Waals surface area contributed by atoms with E-state index in [1.807, 2.05) is 0 Å². The highest BCUT2D eigenvalue weighted by Crippen LogP contribution is 2.67. The lowest BCUT2D eigenvalue weighted by Crippen LogP contribution is -2.67. The van der Waals surface area contributed by atoms with Gasteiger partial charge < -0.3 is 24.0 Å². The van der Waals surface area contributed by atoms with Crippen LogP contribution in [0.25, 0.3) is 33.3 Å². The number of hydrogen-bond acceptors (Lipinski definition) is 7. The van der Waals surface area contributed by atoms with Gasteiger partial charge in [0.05, 0.1) is 11.9 Å². The van der Waals surface area contributed by atoms with Gasteiger partial charge in [-0.25, -0.2) is 9.97 Å². The Morgan fingerprint density at radius 2 is 1.60 bits per heavy atom. The molecule has 0 bridgehead atoms. The molecule has 6 heterocycles. The maximum Gasteiger partial charge on any atom is 0.161 e. The highest BCUT2D eigenvalue weighted by atomic mass is 16.3. The fraction of sp³-hybridized carbons (Fsp3) is 0.302. The summed E-state index contributed by atoms with van der Waals surface area (Å²) in [5, 5.41) is 2.33. The number of fused-ring (bicyclic) bond motifs is 14. The molecule has 0 saturated carbocycles. The molecule has 6 aromatic rings. The van der Waals surface area contributed by atoms with Gasteiger partial charge in [-0.3, -0.25) is 0 Å². The van der Waals surface area contributed by atoms with Crippen molar-refractivity contribution < 1.29 is 4.42 Å². The second kappa shape index (κ2) is 10.4. The number of nitrogens with zero attached hydrogens (tertiary/aromatic N) is 6. The van der Waals surface area contributed by atoms with Crippen molar-refractivity contribution in [2.75, 3.05) is 28.8 Å². The number of rotatable bonds is 3. The molecule has 7 heteroatoms. The van der Waals surface area contributed by atoms with E-state index in [0.717, 1.165) is 65.1 Å². The first-order valence-corrected chi connectivity index (χ1v) is 18.1. The second-order valence-electron chi connectivity index (χ2n) is 14.7. The molecule has 4 aromatic carbocycles. The molecule has 3 unspecified atom stereocenters. The Morgan fingerprint density at radius 3 is 2.44 bits per heavy atom. The fourth-order valence-electron chi connectivity index (χ4n) is 10.6. The van der Waals surface area contributed by atoms with Gasteiger partial charge in [-0.1, -0.05) is 86.6 Å². The Kier molecular flexibility index (Phi) is 6.13. The second-order valence-corrected chi connectivity index (χ2v) is 14.7. The van der Waals surface area contributed by atoms with E-state index in [1.165, 1.54) is 33.5 Å². The van der Waals surface area contributed by atoms with Crippen LogP contribution in [0.2, 0.25) is 0 Å².